The molecule has 2 rings (SSSR count). The van der Waals surface area contributed by atoms with Gasteiger partial charge in [-0.1, -0.05) is 15.9 Å². The van der Waals surface area contributed by atoms with E-state index < -0.39 is 0 Å². The molecule has 18 heavy (non-hydrogen) atoms. The van der Waals surface area contributed by atoms with Gasteiger partial charge in [-0.25, -0.2) is 0 Å². The topological polar surface area (TPSA) is 87.6 Å². The summed E-state index contributed by atoms with van der Waals surface area (Å²) in [5, 5.41) is 0. The minimum Gasteiger partial charge on any atom is -0.486 e. The molecule has 1 aromatic rings. The predicted molar refractivity (Wildman–Crippen MR) is 70.5 cm³/mol. The highest BCUT2D eigenvalue weighted by Gasteiger charge is 2.18. The summed E-state index contributed by atoms with van der Waals surface area (Å²) in [7, 11) is 0. The highest BCUT2D eigenvalue weighted by molar-refractivity contribution is 9.10. The van der Waals surface area contributed by atoms with Crippen molar-refractivity contribution in [3.8, 4) is 11.5 Å². The fourth-order valence-corrected chi connectivity index (χ4v) is 2.43. The quantitative estimate of drug-likeness (QED) is 0.881. The molecule has 1 atom stereocenters. The SMILES string of the molecule is NC(=O)CCC(N)c1cc2c(cc1Br)OCCO2. The summed E-state index contributed by atoms with van der Waals surface area (Å²) in [6.45, 7) is 1.08. The first kappa shape index (κ1) is 13.2. The number of halogens is 1. The standard InChI is InChI=1S/C12H15BrN2O3/c13-8-6-11-10(17-3-4-18-11)5-7(8)9(14)1-2-12(15)16/h5-6,9H,1-4,14H2,(H2,15,16). The Kier molecular flexibility index (Phi) is 4.08. The maximum atomic E-state index is 10.8. The number of rotatable bonds is 4. The number of benzene rings is 1. The second-order valence-electron chi connectivity index (χ2n) is 4.13. The molecular formula is C12H15BrN2O3. The molecule has 1 amide bonds. The van der Waals surface area contributed by atoms with Gasteiger partial charge in [-0.3, -0.25) is 4.79 Å². The van der Waals surface area contributed by atoms with Crippen LogP contribution in [0.1, 0.15) is 24.4 Å². The average Bonchev–Trinajstić information content (AvgIpc) is 2.35. The lowest BCUT2D eigenvalue weighted by Gasteiger charge is -2.21. The van der Waals surface area contributed by atoms with Gasteiger partial charge in [0.1, 0.15) is 13.2 Å². The van der Waals surface area contributed by atoms with Crippen LogP contribution < -0.4 is 20.9 Å². The van der Waals surface area contributed by atoms with E-state index in [1.54, 1.807) is 0 Å². The zero-order chi connectivity index (χ0) is 13.1. The molecule has 5 nitrogen and oxygen atoms in total. The van der Waals surface area contributed by atoms with E-state index in [1.165, 1.54) is 0 Å². The minimum absolute atomic E-state index is 0.261. The van der Waals surface area contributed by atoms with E-state index in [-0.39, 0.29) is 18.4 Å². The van der Waals surface area contributed by atoms with Gasteiger partial charge in [0.2, 0.25) is 5.91 Å². The van der Waals surface area contributed by atoms with Crippen molar-refractivity contribution in [1.82, 2.24) is 0 Å². The van der Waals surface area contributed by atoms with E-state index in [2.05, 4.69) is 15.9 Å². The lowest BCUT2D eigenvalue weighted by molar-refractivity contribution is -0.118. The van der Waals surface area contributed by atoms with Gasteiger partial charge in [-0.15, -0.1) is 0 Å². The first-order valence-corrected chi connectivity index (χ1v) is 6.50. The number of carbonyl (C=O) groups excluding carboxylic acids is 1. The predicted octanol–water partition coefficient (Wildman–Crippen LogP) is 1.49. The molecule has 0 saturated carbocycles. The minimum atomic E-state index is -0.348. The molecule has 1 unspecified atom stereocenters. The normalized spacial score (nSPS) is 15.2. The molecule has 0 spiro atoms. The first-order valence-electron chi connectivity index (χ1n) is 5.71. The summed E-state index contributed by atoms with van der Waals surface area (Å²) in [6, 6.07) is 3.43. The van der Waals surface area contributed by atoms with Crippen LogP contribution in [0.3, 0.4) is 0 Å². The Labute approximate surface area is 114 Å². The van der Waals surface area contributed by atoms with Gasteiger partial charge in [0.15, 0.2) is 11.5 Å². The summed E-state index contributed by atoms with van der Waals surface area (Å²) < 4.78 is 11.8. The van der Waals surface area contributed by atoms with E-state index >= 15 is 0 Å². The Morgan fingerprint density at radius 1 is 1.33 bits per heavy atom. The Balaban J connectivity index is 2.19. The van der Waals surface area contributed by atoms with Crippen LogP contribution in [0.25, 0.3) is 0 Å². The molecule has 98 valence electrons. The van der Waals surface area contributed by atoms with Crippen LogP contribution in [0.15, 0.2) is 16.6 Å². The fourth-order valence-electron chi connectivity index (χ4n) is 1.82. The summed E-state index contributed by atoms with van der Waals surface area (Å²) in [4.78, 5) is 10.8. The fraction of sp³-hybridized carbons (Fsp3) is 0.417. The number of nitrogens with two attached hydrogens (primary N) is 2. The third kappa shape index (κ3) is 2.94. The first-order chi connectivity index (χ1) is 8.58. The smallest absolute Gasteiger partial charge is 0.217 e. The van der Waals surface area contributed by atoms with Crippen LogP contribution in [-0.2, 0) is 4.79 Å². The van der Waals surface area contributed by atoms with E-state index in [1.807, 2.05) is 12.1 Å². The number of primary amides is 1. The van der Waals surface area contributed by atoms with Crippen molar-refractivity contribution in [3.63, 3.8) is 0 Å². The molecule has 0 bridgehead atoms. The monoisotopic (exact) mass is 314 g/mol. The highest BCUT2D eigenvalue weighted by Crippen LogP contribution is 2.38. The molecular weight excluding hydrogens is 300 g/mol. The molecule has 0 fully saturated rings. The van der Waals surface area contributed by atoms with Crippen molar-refractivity contribution < 1.29 is 14.3 Å². The number of hydrogen-bond acceptors (Lipinski definition) is 4. The van der Waals surface area contributed by atoms with Crippen LogP contribution in [0.2, 0.25) is 0 Å². The second-order valence-corrected chi connectivity index (χ2v) is 4.98. The molecule has 0 aliphatic carbocycles. The van der Waals surface area contributed by atoms with Crippen molar-refractivity contribution in [3.05, 3.63) is 22.2 Å². The summed E-state index contributed by atoms with van der Waals surface area (Å²) in [5.74, 6) is 1.05. The Morgan fingerprint density at radius 3 is 2.56 bits per heavy atom. The van der Waals surface area contributed by atoms with Crippen molar-refractivity contribution in [2.75, 3.05) is 13.2 Å². The largest absolute Gasteiger partial charge is 0.486 e. The number of amides is 1. The molecule has 6 heteroatoms. The number of carbonyl (C=O) groups is 1. The molecule has 1 aromatic carbocycles. The molecule has 0 saturated heterocycles. The van der Waals surface area contributed by atoms with E-state index in [4.69, 9.17) is 20.9 Å². The number of ether oxygens (including phenoxy) is 2. The van der Waals surface area contributed by atoms with Crippen LogP contribution in [0, 0.1) is 0 Å². The second kappa shape index (κ2) is 5.58. The molecule has 4 N–H and O–H groups in total. The molecule has 1 aliphatic rings. The van der Waals surface area contributed by atoms with E-state index in [9.17, 15) is 4.79 Å². The molecule has 1 aliphatic heterocycles. The van der Waals surface area contributed by atoms with Gasteiger partial charge in [0.25, 0.3) is 0 Å². The summed E-state index contributed by atoms with van der Waals surface area (Å²) >= 11 is 3.45. The third-order valence-electron chi connectivity index (χ3n) is 2.76. The third-order valence-corrected chi connectivity index (χ3v) is 3.45. The van der Waals surface area contributed by atoms with Crippen LogP contribution in [-0.4, -0.2) is 19.1 Å². The van der Waals surface area contributed by atoms with Gasteiger partial charge in [-0.05, 0) is 24.1 Å². The van der Waals surface area contributed by atoms with Crippen LogP contribution >= 0.6 is 15.9 Å². The zero-order valence-corrected chi connectivity index (χ0v) is 11.4. The maximum absolute atomic E-state index is 10.8. The zero-order valence-electron chi connectivity index (χ0n) is 9.82. The van der Waals surface area contributed by atoms with Crippen molar-refractivity contribution >= 4 is 21.8 Å². The maximum Gasteiger partial charge on any atom is 0.217 e. The highest BCUT2D eigenvalue weighted by atomic mass is 79.9. The van der Waals surface area contributed by atoms with Gasteiger partial charge in [0, 0.05) is 16.9 Å². The van der Waals surface area contributed by atoms with Crippen molar-refractivity contribution in [2.24, 2.45) is 11.5 Å². The van der Waals surface area contributed by atoms with Gasteiger partial charge >= 0.3 is 0 Å². The van der Waals surface area contributed by atoms with Crippen LogP contribution in [0.5, 0.6) is 11.5 Å². The van der Waals surface area contributed by atoms with Gasteiger partial charge in [-0.2, -0.15) is 0 Å². The molecule has 0 radical (unpaired) electrons. The van der Waals surface area contributed by atoms with Gasteiger partial charge < -0.3 is 20.9 Å². The van der Waals surface area contributed by atoms with E-state index in [0.717, 1.165) is 10.0 Å². The summed E-state index contributed by atoms with van der Waals surface area (Å²) in [5.41, 5.74) is 12.0. The van der Waals surface area contributed by atoms with Crippen LogP contribution in [0.4, 0.5) is 0 Å². The van der Waals surface area contributed by atoms with E-state index in [0.29, 0.717) is 31.1 Å². The number of hydrogen-bond donors (Lipinski definition) is 2. The Bertz CT molecular complexity index is 465. The van der Waals surface area contributed by atoms with Crippen molar-refractivity contribution in [1.29, 1.82) is 0 Å². The summed E-state index contributed by atoms with van der Waals surface area (Å²) in [6.07, 6.45) is 0.773. The average molecular weight is 315 g/mol. The lowest BCUT2D eigenvalue weighted by Crippen LogP contribution is -2.19. The Morgan fingerprint density at radius 2 is 1.94 bits per heavy atom. The van der Waals surface area contributed by atoms with Gasteiger partial charge in [0.05, 0.1) is 0 Å². The van der Waals surface area contributed by atoms with Crippen molar-refractivity contribution in [2.45, 2.75) is 18.9 Å². The number of fused-ring (bicyclic) bond motifs is 1. The lowest BCUT2D eigenvalue weighted by atomic mass is 10.0. The molecule has 1 heterocycles. The Hall–Kier alpha value is -1.27. The molecule has 0 aromatic heterocycles.